The molecular formula is C17H10Cl2O5. The number of rotatable bonds is 2. The molecule has 0 amide bonds. The van der Waals surface area contributed by atoms with Gasteiger partial charge in [-0.2, -0.15) is 0 Å². The molecule has 1 aliphatic heterocycles. The Morgan fingerprint density at radius 3 is 2.04 bits per heavy atom. The molecule has 0 atom stereocenters. The van der Waals surface area contributed by atoms with Gasteiger partial charge in [-0.1, -0.05) is 53.5 Å². The number of carbonyl (C=O) groups excluding carboxylic acids is 2. The molecule has 0 saturated carbocycles. The van der Waals surface area contributed by atoms with Crippen molar-refractivity contribution in [1.82, 2.24) is 0 Å². The lowest BCUT2D eigenvalue weighted by molar-refractivity contribution is -0.195. The van der Waals surface area contributed by atoms with E-state index in [-0.39, 0.29) is 21.4 Å². The summed E-state index contributed by atoms with van der Waals surface area (Å²) in [5.74, 6) is -1.92. The first-order valence-corrected chi connectivity index (χ1v) is 7.58. The molecule has 1 N–H and O–H groups in total. The van der Waals surface area contributed by atoms with Crippen LogP contribution >= 0.6 is 23.2 Å². The van der Waals surface area contributed by atoms with Crippen LogP contribution in [0.25, 0.3) is 6.08 Å². The van der Waals surface area contributed by atoms with Crippen molar-refractivity contribution < 1.29 is 24.2 Å². The smallest absolute Gasteiger partial charge is 0.348 e. The Morgan fingerprint density at radius 1 is 0.958 bits per heavy atom. The van der Waals surface area contributed by atoms with E-state index in [1.807, 2.05) is 0 Å². The molecule has 0 aromatic heterocycles. The third-order valence-electron chi connectivity index (χ3n) is 3.29. The second-order valence-electron chi connectivity index (χ2n) is 4.94. The van der Waals surface area contributed by atoms with Gasteiger partial charge in [0.2, 0.25) is 0 Å². The predicted molar refractivity (Wildman–Crippen MR) is 87.5 cm³/mol. The van der Waals surface area contributed by atoms with Crippen molar-refractivity contribution in [2.24, 2.45) is 0 Å². The minimum atomic E-state index is -1.09. The molecule has 2 aromatic carbocycles. The Hall–Kier alpha value is -2.50. The summed E-state index contributed by atoms with van der Waals surface area (Å²) in [5.41, 5.74) is 0.610. The average molecular weight is 365 g/mol. The van der Waals surface area contributed by atoms with Crippen LogP contribution in [-0.2, 0) is 19.1 Å². The fourth-order valence-electron chi connectivity index (χ4n) is 2.13. The van der Waals surface area contributed by atoms with E-state index in [4.69, 9.17) is 32.7 Å². The Morgan fingerprint density at radius 2 is 1.50 bits per heavy atom. The van der Waals surface area contributed by atoms with Gasteiger partial charge in [-0.15, -0.1) is 0 Å². The van der Waals surface area contributed by atoms with Crippen LogP contribution in [0.15, 0.2) is 48.0 Å². The van der Waals surface area contributed by atoms with Crippen molar-refractivity contribution in [3.05, 3.63) is 69.2 Å². The highest BCUT2D eigenvalue weighted by atomic mass is 35.5. The van der Waals surface area contributed by atoms with Gasteiger partial charge < -0.3 is 14.6 Å². The number of benzene rings is 2. The number of phenolic OH excluding ortho intramolecular Hbond substituents is 1. The maximum absolute atomic E-state index is 12.1. The first-order chi connectivity index (χ1) is 11.5. The monoisotopic (exact) mass is 364 g/mol. The van der Waals surface area contributed by atoms with E-state index in [0.717, 1.165) is 0 Å². The summed E-state index contributed by atoms with van der Waals surface area (Å²) in [5, 5.41) is 9.52. The maximum Gasteiger partial charge on any atom is 0.348 e. The molecule has 1 fully saturated rings. The quantitative estimate of drug-likeness (QED) is 0.497. The van der Waals surface area contributed by atoms with E-state index < -0.39 is 18.2 Å². The van der Waals surface area contributed by atoms with Crippen LogP contribution in [0.2, 0.25) is 10.0 Å². The highest BCUT2D eigenvalue weighted by Crippen LogP contribution is 2.34. The van der Waals surface area contributed by atoms with Gasteiger partial charge in [0, 0.05) is 5.56 Å². The molecular weight excluding hydrogens is 355 g/mol. The van der Waals surface area contributed by atoms with E-state index in [1.54, 1.807) is 30.3 Å². The summed E-state index contributed by atoms with van der Waals surface area (Å²) < 4.78 is 10.3. The minimum absolute atomic E-state index is 0.00550. The van der Waals surface area contributed by atoms with Crippen LogP contribution in [0.1, 0.15) is 17.4 Å². The van der Waals surface area contributed by atoms with E-state index in [0.29, 0.717) is 11.1 Å². The first-order valence-electron chi connectivity index (χ1n) is 6.82. The molecule has 0 radical (unpaired) electrons. The third kappa shape index (κ3) is 3.22. The number of hydrogen-bond donors (Lipinski definition) is 1. The molecule has 122 valence electrons. The Balaban J connectivity index is 1.88. The maximum atomic E-state index is 12.1. The fourth-order valence-corrected chi connectivity index (χ4v) is 2.63. The van der Waals surface area contributed by atoms with Crippen molar-refractivity contribution in [3.8, 4) is 5.75 Å². The second-order valence-corrected chi connectivity index (χ2v) is 5.76. The number of hydrogen-bond acceptors (Lipinski definition) is 5. The predicted octanol–water partition coefficient (Wildman–Crippen LogP) is 3.88. The topological polar surface area (TPSA) is 72.8 Å². The molecule has 24 heavy (non-hydrogen) atoms. The number of cyclic esters (lactones) is 2. The molecule has 1 heterocycles. The van der Waals surface area contributed by atoms with Gasteiger partial charge >= 0.3 is 11.9 Å². The van der Waals surface area contributed by atoms with E-state index in [1.165, 1.54) is 18.2 Å². The molecule has 0 spiro atoms. The summed E-state index contributed by atoms with van der Waals surface area (Å²) in [6, 6.07) is 11.4. The highest BCUT2D eigenvalue weighted by Gasteiger charge is 2.34. The average Bonchev–Trinajstić information content (AvgIpc) is 2.56. The number of phenols is 1. The van der Waals surface area contributed by atoms with Crippen LogP contribution in [0.4, 0.5) is 0 Å². The van der Waals surface area contributed by atoms with Crippen LogP contribution in [0.3, 0.4) is 0 Å². The third-order valence-corrected chi connectivity index (χ3v) is 3.87. The lowest BCUT2D eigenvalue weighted by Crippen LogP contribution is -2.29. The fraction of sp³-hybridized carbons (Fsp3) is 0.0588. The van der Waals surface area contributed by atoms with E-state index >= 15 is 0 Å². The number of halogens is 2. The van der Waals surface area contributed by atoms with Gasteiger partial charge in [0.1, 0.15) is 5.57 Å². The van der Waals surface area contributed by atoms with Crippen LogP contribution in [-0.4, -0.2) is 17.0 Å². The standard InChI is InChI=1S/C17H10Cl2O5/c18-12-7-9(8-13(19)14(12)20)6-11-15(21)23-17(24-16(11)22)10-4-2-1-3-5-10/h1-8,17,20H. The second kappa shape index (κ2) is 6.55. The van der Waals surface area contributed by atoms with E-state index in [2.05, 4.69) is 0 Å². The molecule has 0 aliphatic carbocycles. The number of ether oxygens (including phenoxy) is 2. The molecule has 0 bridgehead atoms. The lowest BCUT2D eigenvalue weighted by atomic mass is 10.1. The Bertz CT molecular complexity index is 802. The summed E-state index contributed by atoms with van der Waals surface area (Å²) in [4.78, 5) is 24.2. The zero-order valence-electron chi connectivity index (χ0n) is 12.0. The van der Waals surface area contributed by atoms with Gasteiger partial charge in [0.15, 0.2) is 5.75 Å². The molecule has 5 nitrogen and oxygen atoms in total. The zero-order valence-corrected chi connectivity index (χ0v) is 13.5. The summed E-state index contributed by atoms with van der Waals surface area (Å²) >= 11 is 11.6. The SMILES string of the molecule is O=C1OC(c2ccccc2)OC(=O)C1=Cc1cc(Cl)c(O)c(Cl)c1. The van der Waals surface area contributed by atoms with Crippen LogP contribution < -0.4 is 0 Å². The normalized spacial score (nSPS) is 17.2. The Kier molecular flexibility index (Phi) is 4.46. The summed E-state index contributed by atoms with van der Waals surface area (Å²) in [6.07, 6.45) is 0.152. The number of carbonyl (C=O) groups is 2. The molecule has 2 aromatic rings. The van der Waals surface area contributed by atoms with Crippen molar-refractivity contribution >= 4 is 41.2 Å². The van der Waals surface area contributed by atoms with Crippen molar-refractivity contribution in [2.75, 3.05) is 0 Å². The molecule has 0 unspecified atom stereocenters. The zero-order chi connectivity index (χ0) is 17.3. The molecule has 1 aliphatic rings. The molecule has 7 heteroatoms. The van der Waals surface area contributed by atoms with Gasteiger partial charge in [0.05, 0.1) is 10.0 Å². The van der Waals surface area contributed by atoms with Gasteiger partial charge in [-0.25, -0.2) is 9.59 Å². The highest BCUT2D eigenvalue weighted by molar-refractivity contribution is 6.37. The minimum Gasteiger partial charge on any atom is -0.505 e. The molecule has 3 rings (SSSR count). The van der Waals surface area contributed by atoms with E-state index in [9.17, 15) is 14.7 Å². The van der Waals surface area contributed by atoms with Crippen molar-refractivity contribution in [1.29, 1.82) is 0 Å². The Labute approximate surface area is 147 Å². The van der Waals surface area contributed by atoms with Gasteiger partial charge in [-0.05, 0) is 23.8 Å². The number of esters is 2. The summed E-state index contributed by atoms with van der Waals surface area (Å²) in [6.45, 7) is 0. The largest absolute Gasteiger partial charge is 0.505 e. The van der Waals surface area contributed by atoms with Crippen molar-refractivity contribution in [3.63, 3.8) is 0 Å². The van der Waals surface area contributed by atoms with Crippen molar-refractivity contribution in [2.45, 2.75) is 6.29 Å². The first kappa shape index (κ1) is 16.4. The lowest BCUT2D eigenvalue weighted by Gasteiger charge is -2.24. The van der Waals surface area contributed by atoms with Crippen LogP contribution in [0, 0.1) is 0 Å². The van der Waals surface area contributed by atoms with Gasteiger partial charge in [0.25, 0.3) is 6.29 Å². The summed E-state index contributed by atoms with van der Waals surface area (Å²) in [7, 11) is 0. The van der Waals surface area contributed by atoms with Gasteiger partial charge in [-0.3, -0.25) is 0 Å². The number of aromatic hydroxyl groups is 1. The van der Waals surface area contributed by atoms with Crippen LogP contribution in [0.5, 0.6) is 5.75 Å². The molecule has 1 saturated heterocycles.